The van der Waals surface area contributed by atoms with Crippen LogP contribution in [-0.2, 0) is 11.8 Å². The quantitative estimate of drug-likeness (QED) is 0.621. The van der Waals surface area contributed by atoms with Crippen molar-refractivity contribution in [3.05, 3.63) is 64.3 Å². The number of hydrogen-bond donors (Lipinski definition) is 1. The van der Waals surface area contributed by atoms with E-state index in [4.69, 9.17) is 27.9 Å². The summed E-state index contributed by atoms with van der Waals surface area (Å²) in [6, 6.07) is 13.2. The Kier molecular flexibility index (Phi) is 6.50. The summed E-state index contributed by atoms with van der Waals surface area (Å²) in [5.74, 6) is 0.220. The molecule has 1 heterocycles. The maximum absolute atomic E-state index is 12.3. The average molecular weight is 420 g/mol. The first-order valence-corrected chi connectivity index (χ1v) is 9.67. The van der Waals surface area contributed by atoms with Crippen molar-refractivity contribution in [3.63, 3.8) is 0 Å². The maximum Gasteiger partial charge on any atom is 0.258 e. The van der Waals surface area contributed by atoms with Crippen molar-refractivity contribution < 1.29 is 9.53 Å². The molecule has 3 rings (SSSR count). The number of benzene rings is 2. The third-order valence-electron chi connectivity index (χ3n) is 4.66. The Bertz CT molecular complexity index is 985. The van der Waals surface area contributed by atoms with Gasteiger partial charge in [0.2, 0.25) is 0 Å². The van der Waals surface area contributed by atoms with Gasteiger partial charge in [0.1, 0.15) is 5.75 Å². The summed E-state index contributed by atoms with van der Waals surface area (Å²) in [5, 5.41) is 5.03. The summed E-state index contributed by atoms with van der Waals surface area (Å²) in [7, 11) is 6.03. The zero-order valence-corrected chi connectivity index (χ0v) is 17.6. The van der Waals surface area contributed by atoms with Crippen LogP contribution in [-0.4, -0.2) is 42.6 Å². The summed E-state index contributed by atoms with van der Waals surface area (Å²) in [6.07, 6.45) is 2.12. The lowest BCUT2D eigenvalue weighted by Gasteiger charge is -2.24. The molecule has 0 aliphatic heterocycles. The predicted molar refractivity (Wildman–Crippen MR) is 114 cm³/mol. The van der Waals surface area contributed by atoms with Crippen molar-refractivity contribution in [2.45, 2.75) is 6.04 Å². The van der Waals surface area contributed by atoms with Gasteiger partial charge >= 0.3 is 0 Å². The van der Waals surface area contributed by atoms with E-state index in [0.717, 1.165) is 5.52 Å². The number of nitrogens with zero attached hydrogens (tertiary/aromatic N) is 2. The van der Waals surface area contributed by atoms with Gasteiger partial charge in [-0.25, -0.2) is 0 Å². The van der Waals surface area contributed by atoms with Gasteiger partial charge in [0, 0.05) is 35.7 Å². The molecule has 2 aromatic carbocycles. The van der Waals surface area contributed by atoms with Crippen LogP contribution in [0.25, 0.3) is 10.9 Å². The van der Waals surface area contributed by atoms with Gasteiger partial charge in [-0.2, -0.15) is 0 Å². The molecular formula is C21H23Cl2N3O2. The molecule has 1 amide bonds. The molecule has 0 spiro atoms. The van der Waals surface area contributed by atoms with Gasteiger partial charge in [-0.05, 0) is 43.9 Å². The van der Waals surface area contributed by atoms with Crippen LogP contribution < -0.4 is 10.1 Å². The minimum Gasteiger partial charge on any atom is -0.482 e. The van der Waals surface area contributed by atoms with Crippen molar-refractivity contribution in [1.29, 1.82) is 0 Å². The van der Waals surface area contributed by atoms with Crippen LogP contribution in [0.2, 0.25) is 10.0 Å². The molecule has 1 aromatic heterocycles. The Labute approximate surface area is 174 Å². The number of ether oxygens (including phenoxy) is 1. The van der Waals surface area contributed by atoms with Crippen molar-refractivity contribution >= 4 is 40.0 Å². The highest BCUT2D eigenvalue weighted by Crippen LogP contribution is 2.29. The molecule has 0 fully saturated rings. The van der Waals surface area contributed by atoms with Crippen LogP contribution in [0.3, 0.4) is 0 Å². The third kappa shape index (κ3) is 4.61. The molecule has 0 aliphatic carbocycles. The molecule has 3 aromatic rings. The van der Waals surface area contributed by atoms with E-state index in [2.05, 4.69) is 33.1 Å². The number of carbonyl (C=O) groups is 1. The summed E-state index contributed by atoms with van der Waals surface area (Å²) in [4.78, 5) is 14.4. The van der Waals surface area contributed by atoms with E-state index in [-0.39, 0.29) is 18.6 Å². The molecule has 0 saturated carbocycles. The predicted octanol–water partition coefficient (Wildman–Crippen LogP) is 4.28. The lowest BCUT2D eigenvalue weighted by molar-refractivity contribution is -0.123. The molecule has 0 saturated heterocycles. The number of carbonyl (C=O) groups excluding carboxylic acids is 1. The number of aromatic nitrogens is 1. The fraction of sp³-hybridized carbons (Fsp3) is 0.286. The van der Waals surface area contributed by atoms with Crippen LogP contribution in [0.1, 0.15) is 11.6 Å². The SMILES string of the molecule is CN(C)[C@H](CNC(=O)COc1ccc(Cl)cc1Cl)c1cn(C)c2ccccc12. The third-order valence-corrected chi connectivity index (χ3v) is 5.19. The molecule has 7 heteroatoms. The Balaban J connectivity index is 1.65. The smallest absolute Gasteiger partial charge is 0.258 e. The van der Waals surface area contributed by atoms with E-state index in [1.54, 1.807) is 18.2 Å². The Hall–Kier alpha value is -2.21. The zero-order valence-electron chi connectivity index (χ0n) is 16.1. The van der Waals surface area contributed by atoms with Crippen LogP contribution in [0, 0.1) is 0 Å². The molecule has 0 bridgehead atoms. The van der Waals surface area contributed by atoms with E-state index in [0.29, 0.717) is 22.3 Å². The van der Waals surface area contributed by atoms with E-state index < -0.39 is 0 Å². The molecule has 148 valence electrons. The molecule has 1 atom stereocenters. The van der Waals surface area contributed by atoms with Gasteiger partial charge in [0.25, 0.3) is 5.91 Å². The standard InChI is InChI=1S/C21H23Cl2N3O2/c1-25(2)19(16-12-26(3)18-7-5-4-6-15(16)18)11-24-21(27)13-28-20-9-8-14(22)10-17(20)23/h4-10,12,19H,11,13H2,1-3H3,(H,24,27)/t19-/m1/s1. The van der Waals surface area contributed by atoms with E-state index in [1.807, 2.05) is 33.3 Å². The lowest BCUT2D eigenvalue weighted by Crippen LogP contribution is -2.36. The highest BCUT2D eigenvalue weighted by Gasteiger charge is 2.20. The summed E-state index contributed by atoms with van der Waals surface area (Å²) in [6.45, 7) is 0.356. The number of rotatable bonds is 7. The normalized spacial score (nSPS) is 12.4. The molecule has 0 radical (unpaired) electrons. The number of halogens is 2. The number of nitrogens with one attached hydrogen (secondary N) is 1. The number of likely N-dealkylation sites (N-methyl/N-ethyl adjacent to an activating group) is 1. The average Bonchev–Trinajstić information content (AvgIpc) is 2.98. The summed E-state index contributed by atoms with van der Waals surface area (Å²) >= 11 is 11.9. The van der Waals surface area contributed by atoms with Gasteiger partial charge in [0.15, 0.2) is 6.61 Å². The largest absolute Gasteiger partial charge is 0.482 e. The molecule has 5 nitrogen and oxygen atoms in total. The van der Waals surface area contributed by atoms with Gasteiger partial charge in [-0.3, -0.25) is 4.79 Å². The number of hydrogen-bond acceptors (Lipinski definition) is 3. The maximum atomic E-state index is 12.3. The molecule has 0 aliphatic rings. The van der Waals surface area contributed by atoms with Gasteiger partial charge in [-0.15, -0.1) is 0 Å². The molecule has 0 unspecified atom stereocenters. The fourth-order valence-corrected chi connectivity index (χ4v) is 3.67. The lowest BCUT2D eigenvalue weighted by atomic mass is 10.0. The molecule has 1 N–H and O–H groups in total. The first kappa shape index (κ1) is 20.5. The van der Waals surface area contributed by atoms with Gasteiger partial charge in [0.05, 0.1) is 11.1 Å². The summed E-state index contributed by atoms with van der Waals surface area (Å²) < 4.78 is 7.61. The second-order valence-electron chi connectivity index (χ2n) is 6.86. The van der Waals surface area contributed by atoms with Crippen molar-refractivity contribution in [1.82, 2.24) is 14.8 Å². The fourth-order valence-electron chi connectivity index (χ4n) is 3.21. The zero-order chi connectivity index (χ0) is 20.3. The summed E-state index contributed by atoms with van der Waals surface area (Å²) in [5.41, 5.74) is 2.33. The van der Waals surface area contributed by atoms with E-state index in [1.165, 1.54) is 10.9 Å². The van der Waals surface area contributed by atoms with Crippen LogP contribution >= 0.6 is 23.2 Å². The molecule has 28 heavy (non-hydrogen) atoms. The van der Waals surface area contributed by atoms with Crippen molar-refractivity contribution in [2.24, 2.45) is 7.05 Å². The Morgan fingerprint density at radius 2 is 1.96 bits per heavy atom. The van der Waals surface area contributed by atoms with Crippen LogP contribution in [0.15, 0.2) is 48.7 Å². The number of para-hydroxylation sites is 1. The van der Waals surface area contributed by atoms with E-state index >= 15 is 0 Å². The minimum atomic E-state index is -0.210. The second kappa shape index (κ2) is 8.86. The Morgan fingerprint density at radius 1 is 1.21 bits per heavy atom. The van der Waals surface area contributed by atoms with Gasteiger partial charge in [-0.1, -0.05) is 41.4 Å². The van der Waals surface area contributed by atoms with Crippen molar-refractivity contribution in [3.8, 4) is 5.75 Å². The minimum absolute atomic E-state index is 0.0363. The van der Waals surface area contributed by atoms with E-state index in [9.17, 15) is 4.79 Å². The van der Waals surface area contributed by atoms with Gasteiger partial charge < -0.3 is 19.5 Å². The first-order valence-electron chi connectivity index (χ1n) is 8.91. The monoisotopic (exact) mass is 419 g/mol. The molecular weight excluding hydrogens is 397 g/mol. The highest BCUT2D eigenvalue weighted by atomic mass is 35.5. The number of amides is 1. The topological polar surface area (TPSA) is 46.5 Å². The van der Waals surface area contributed by atoms with Crippen molar-refractivity contribution in [2.75, 3.05) is 27.2 Å². The second-order valence-corrected chi connectivity index (χ2v) is 7.70. The number of fused-ring (bicyclic) bond motifs is 1. The first-order chi connectivity index (χ1) is 13.4. The van der Waals surface area contributed by atoms with Crippen LogP contribution in [0.4, 0.5) is 0 Å². The van der Waals surface area contributed by atoms with Crippen LogP contribution in [0.5, 0.6) is 5.75 Å². The Morgan fingerprint density at radius 3 is 2.68 bits per heavy atom. The highest BCUT2D eigenvalue weighted by molar-refractivity contribution is 6.35. The number of aryl methyl sites for hydroxylation is 1.